The number of para-hydroxylation sites is 1. The second kappa shape index (κ2) is 13.2. The normalized spacial score (nSPS) is 15.5. The van der Waals surface area contributed by atoms with Crippen LogP contribution in [-0.2, 0) is 30.2 Å². The molecule has 0 aliphatic carbocycles. The van der Waals surface area contributed by atoms with Crippen LogP contribution in [0, 0.1) is 0 Å². The molecular weight excluding hydrogens is 644 g/mol. The molecule has 2 unspecified atom stereocenters. The van der Waals surface area contributed by atoms with E-state index in [1.54, 1.807) is 58.6 Å². The van der Waals surface area contributed by atoms with Crippen molar-refractivity contribution in [3.63, 3.8) is 0 Å². The number of fused-ring (bicyclic) bond motifs is 2. The maximum absolute atomic E-state index is 14.2. The van der Waals surface area contributed by atoms with Crippen LogP contribution < -0.4 is 9.64 Å². The highest BCUT2D eigenvalue weighted by molar-refractivity contribution is 9.10. The van der Waals surface area contributed by atoms with E-state index in [0.717, 1.165) is 23.2 Å². The lowest BCUT2D eigenvalue weighted by atomic mass is 9.92. The highest BCUT2D eigenvalue weighted by atomic mass is 79.9. The molecule has 4 rings (SSSR count). The quantitative estimate of drug-likeness (QED) is 0.174. The summed E-state index contributed by atoms with van der Waals surface area (Å²) in [5, 5.41) is 0.603. The number of aromatic nitrogens is 1. The van der Waals surface area contributed by atoms with E-state index in [4.69, 9.17) is 18.9 Å². The van der Waals surface area contributed by atoms with Crippen LogP contribution in [0.2, 0.25) is 0 Å². The number of halogens is 1. The standard InChI is InChI=1S/C34H41BrN2O8/c1-9-12-22(18-29(38)42-8)36-26-14-11-10-13-23(26)25(30(36)39)16-20-15-21(35)17-27-24(20)19-28(43-32(41)45-34(5,6)7)37(27)31(40)44-33(2,3)4/h10-11,13-15,17,19,22,25H,9,12,16,18H2,1-8H3. The summed E-state index contributed by atoms with van der Waals surface area (Å²) in [5.74, 6) is -1.13. The minimum Gasteiger partial charge on any atom is -0.469 e. The SMILES string of the molecule is CCCC(CC(=O)OC)N1C(=O)C(Cc2cc(Br)cc3c2cc(OC(=O)OC(C)(C)C)n3C(=O)OC(C)(C)C)c2ccccc21. The van der Waals surface area contributed by atoms with Crippen LogP contribution in [0.1, 0.15) is 84.8 Å². The number of anilines is 1. The highest BCUT2D eigenvalue weighted by Gasteiger charge is 2.41. The van der Waals surface area contributed by atoms with Crippen molar-refractivity contribution in [2.45, 2.75) is 97.3 Å². The minimum absolute atomic E-state index is 0.0753. The van der Waals surface area contributed by atoms with E-state index in [2.05, 4.69) is 15.9 Å². The first-order valence-corrected chi connectivity index (χ1v) is 15.8. The molecule has 2 heterocycles. The summed E-state index contributed by atoms with van der Waals surface area (Å²) in [5.41, 5.74) is 1.14. The molecule has 1 aliphatic heterocycles. The second-order valence-corrected chi connectivity index (χ2v) is 14.0. The van der Waals surface area contributed by atoms with Gasteiger partial charge < -0.3 is 23.8 Å². The van der Waals surface area contributed by atoms with Gasteiger partial charge in [-0.2, -0.15) is 0 Å². The van der Waals surface area contributed by atoms with Crippen LogP contribution in [0.15, 0.2) is 46.9 Å². The average molecular weight is 686 g/mol. The molecule has 1 aliphatic rings. The number of amides is 1. The van der Waals surface area contributed by atoms with Crippen molar-refractivity contribution in [2.24, 2.45) is 0 Å². The molecule has 3 aromatic rings. The van der Waals surface area contributed by atoms with Gasteiger partial charge in [0.25, 0.3) is 0 Å². The first-order chi connectivity index (χ1) is 21.0. The van der Waals surface area contributed by atoms with Crippen molar-refractivity contribution in [2.75, 3.05) is 12.0 Å². The van der Waals surface area contributed by atoms with E-state index in [-0.39, 0.29) is 36.6 Å². The minimum atomic E-state index is -0.973. The van der Waals surface area contributed by atoms with Crippen molar-refractivity contribution < 1.29 is 38.1 Å². The van der Waals surface area contributed by atoms with Gasteiger partial charge in [0.2, 0.25) is 11.8 Å². The first kappa shape index (κ1) is 34.0. The monoisotopic (exact) mass is 684 g/mol. The van der Waals surface area contributed by atoms with Crippen LogP contribution in [0.3, 0.4) is 0 Å². The van der Waals surface area contributed by atoms with Crippen molar-refractivity contribution in [1.82, 2.24) is 4.57 Å². The van der Waals surface area contributed by atoms with E-state index in [0.29, 0.717) is 21.8 Å². The van der Waals surface area contributed by atoms with E-state index < -0.39 is 29.4 Å². The van der Waals surface area contributed by atoms with Crippen LogP contribution in [0.25, 0.3) is 10.9 Å². The molecule has 0 spiro atoms. The van der Waals surface area contributed by atoms with Gasteiger partial charge in [0.15, 0.2) is 0 Å². The lowest BCUT2D eigenvalue weighted by Crippen LogP contribution is -2.40. The molecule has 0 saturated heterocycles. The van der Waals surface area contributed by atoms with Crippen LogP contribution in [0.5, 0.6) is 5.88 Å². The van der Waals surface area contributed by atoms with Crippen molar-refractivity contribution >= 4 is 56.6 Å². The van der Waals surface area contributed by atoms with E-state index in [9.17, 15) is 19.2 Å². The van der Waals surface area contributed by atoms with Crippen LogP contribution in [0.4, 0.5) is 15.3 Å². The van der Waals surface area contributed by atoms with Crippen molar-refractivity contribution in [3.05, 3.63) is 58.1 Å². The Bertz CT molecular complexity index is 1610. The number of nitrogens with zero attached hydrogens (tertiary/aromatic N) is 2. The summed E-state index contributed by atoms with van der Waals surface area (Å²) >= 11 is 3.57. The third-order valence-electron chi connectivity index (χ3n) is 7.24. The lowest BCUT2D eigenvalue weighted by Gasteiger charge is -2.28. The molecule has 242 valence electrons. The zero-order valence-electron chi connectivity index (χ0n) is 27.1. The van der Waals surface area contributed by atoms with Gasteiger partial charge in [0, 0.05) is 27.7 Å². The molecule has 1 aromatic heterocycles. The summed E-state index contributed by atoms with van der Waals surface area (Å²) in [6.07, 6.45) is 0.0694. The number of hydrogen-bond donors (Lipinski definition) is 0. The largest absolute Gasteiger partial charge is 0.515 e. The Morgan fingerprint density at radius 1 is 0.978 bits per heavy atom. The number of rotatable bonds is 8. The molecule has 2 atom stereocenters. The fourth-order valence-electron chi connectivity index (χ4n) is 5.56. The van der Waals surface area contributed by atoms with Crippen molar-refractivity contribution in [1.29, 1.82) is 0 Å². The fourth-order valence-corrected chi connectivity index (χ4v) is 6.05. The van der Waals surface area contributed by atoms with Gasteiger partial charge in [0.05, 0.1) is 25.0 Å². The zero-order valence-corrected chi connectivity index (χ0v) is 28.6. The molecule has 11 heteroatoms. The van der Waals surface area contributed by atoms with Gasteiger partial charge in [-0.3, -0.25) is 9.59 Å². The molecule has 0 bridgehead atoms. The Kier molecular flexibility index (Phi) is 10.0. The molecule has 0 N–H and O–H groups in total. The van der Waals surface area contributed by atoms with E-state index in [1.165, 1.54) is 11.7 Å². The van der Waals surface area contributed by atoms with Gasteiger partial charge in [-0.25, -0.2) is 14.2 Å². The topological polar surface area (TPSA) is 113 Å². The molecule has 1 amide bonds. The molecular formula is C34H41BrN2O8. The van der Waals surface area contributed by atoms with Crippen LogP contribution in [-0.4, -0.2) is 53.0 Å². The molecule has 0 saturated carbocycles. The number of carbonyl (C=O) groups is 4. The number of methoxy groups -OCH3 is 1. The molecule has 2 aromatic carbocycles. The number of ether oxygens (including phenoxy) is 4. The van der Waals surface area contributed by atoms with Gasteiger partial charge >= 0.3 is 18.2 Å². The third-order valence-corrected chi connectivity index (χ3v) is 7.70. The van der Waals surface area contributed by atoms with E-state index in [1.807, 2.05) is 37.3 Å². The Labute approximate surface area is 272 Å². The fraction of sp³-hybridized carbons (Fsp3) is 0.471. The smallest absolute Gasteiger partial charge is 0.469 e. The summed E-state index contributed by atoms with van der Waals surface area (Å²) in [4.78, 5) is 54.4. The number of esters is 1. The van der Waals surface area contributed by atoms with Crippen LogP contribution >= 0.6 is 15.9 Å². The third kappa shape index (κ3) is 7.87. The van der Waals surface area contributed by atoms with Gasteiger partial charge in [-0.05, 0) is 83.7 Å². The number of hydrogen-bond acceptors (Lipinski definition) is 8. The number of carbonyl (C=O) groups excluding carboxylic acids is 4. The first-order valence-electron chi connectivity index (χ1n) is 15.0. The van der Waals surface area contributed by atoms with Gasteiger partial charge in [0.1, 0.15) is 11.2 Å². The molecule has 0 radical (unpaired) electrons. The Morgan fingerprint density at radius 2 is 1.64 bits per heavy atom. The van der Waals surface area contributed by atoms with E-state index >= 15 is 0 Å². The van der Waals surface area contributed by atoms with Gasteiger partial charge in [-0.1, -0.05) is 47.5 Å². The molecule has 0 fully saturated rings. The second-order valence-electron chi connectivity index (χ2n) is 13.1. The maximum atomic E-state index is 14.2. The summed E-state index contributed by atoms with van der Waals surface area (Å²) in [6, 6.07) is 12.4. The average Bonchev–Trinajstić information content (AvgIpc) is 3.40. The maximum Gasteiger partial charge on any atom is 0.515 e. The predicted octanol–water partition coefficient (Wildman–Crippen LogP) is 7.91. The van der Waals surface area contributed by atoms with Crippen molar-refractivity contribution in [3.8, 4) is 5.88 Å². The summed E-state index contributed by atoms with van der Waals surface area (Å²) in [7, 11) is 1.34. The predicted molar refractivity (Wildman–Crippen MR) is 174 cm³/mol. The van der Waals surface area contributed by atoms with Gasteiger partial charge in [-0.15, -0.1) is 0 Å². The summed E-state index contributed by atoms with van der Waals surface area (Å²) < 4.78 is 23.4. The summed E-state index contributed by atoms with van der Waals surface area (Å²) in [6.45, 7) is 12.4. The molecule has 45 heavy (non-hydrogen) atoms. The highest BCUT2D eigenvalue weighted by Crippen LogP contribution is 2.43. The lowest BCUT2D eigenvalue weighted by molar-refractivity contribution is -0.141. The Morgan fingerprint density at radius 3 is 2.27 bits per heavy atom. The molecule has 10 nitrogen and oxygen atoms in total. The Balaban J connectivity index is 1.81. The Hall–Kier alpha value is -3.86. The number of benzene rings is 2. The zero-order chi connectivity index (χ0) is 33.3.